The van der Waals surface area contributed by atoms with Gasteiger partial charge in [-0.3, -0.25) is 9.59 Å². The van der Waals surface area contributed by atoms with Crippen LogP contribution in [0.4, 0.5) is 5.69 Å². The van der Waals surface area contributed by atoms with Gasteiger partial charge in [-0.25, -0.2) is 12.7 Å². The summed E-state index contributed by atoms with van der Waals surface area (Å²) in [4.78, 5) is 24.3. The van der Waals surface area contributed by atoms with E-state index < -0.39 is 28.5 Å². The Morgan fingerprint density at radius 3 is 2.30 bits per heavy atom. The third-order valence-electron chi connectivity index (χ3n) is 4.50. The van der Waals surface area contributed by atoms with Crippen LogP contribution in [0.5, 0.6) is 0 Å². The van der Waals surface area contributed by atoms with Crippen molar-refractivity contribution in [3.8, 4) is 0 Å². The quantitative estimate of drug-likeness (QED) is 0.587. The van der Waals surface area contributed by atoms with Crippen LogP contribution in [0.15, 0.2) is 71.6 Å². The largest absolute Gasteiger partial charge is 0.455 e. The smallest absolute Gasteiger partial charge is 0.310 e. The second-order valence-electron chi connectivity index (χ2n) is 6.84. The van der Waals surface area contributed by atoms with Crippen LogP contribution in [0.1, 0.15) is 5.56 Å². The summed E-state index contributed by atoms with van der Waals surface area (Å²) in [6.07, 6.45) is 0.0612. The summed E-state index contributed by atoms with van der Waals surface area (Å²) >= 11 is 0. The lowest BCUT2D eigenvalue weighted by atomic mass is 10.0. The number of carbonyl (C=O) groups excluding carboxylic acids is 2. The minimum absolute atomic E-state index is 0.0612. The van der Waals surface area contributed by atoms with Crippen LogP contribution in [-0.2, 0) is 30.8 Å². The molecule has 3 rings (SSSR count). The zero-order chi connectivity index (χ0) is 21.7. The number of fused-ring (bicyclic) bond motifs is 1. The first kappa shape index (κ1) is 21.5. The maximum atomic E-state index is 12.2. The minimum Gasteiger partial charge on any atom is -0.455 e. The van der Waals surface area contributed by atoms with E-state index in [4.69, 9.17) is 4.74 Å². The number of ether oxygens (including phenoxy) is 1. The zero-order valence-electron chi connectivity index (χ0n) is 16.7. The molecule has 0 aliphatic heterocycles. The van der Waals surface area contributed by atoms with Gasteiger partial charge in [0.05, 0.1) is 11.3 Å². The third kappa shape index (κ3) is 5.03. The molecule has 0 aliphatic carbocycles. The molecule has 0 unspecified atom stereocenters. The van der Waals surface area contributed by atoms with Crippen molar-refractivity contribution in [2.75, 3.05) is 26.0 Å². The van der Waals surface area contributed by atoms with Crippen LogP contribution in [0, 0.1) is 0 Å². The number of hydrogen-bond acceptors (Lipinski definition) is 5. The topological polar surface area (TPSA) is 92.8 Å². The highest BCUT2D eigenvalue weighted by molar-refractivity contribution is 7.89. The molecule has 0 fully saturated rings. The van der Waals surface area contributed by atoms with Gasteiger partial charge in [0.15, 0.2) is 6.61 Å². The summed E-state index contributed by atoms with van der Waals surface area (Å²) in [5, 5.41) is 4.57. The number of nitrogens with zero attached hydrogens (tertiary/aromatic N) is 1. The van der Waals surface area contributed by atoms with Gasteiger partial charge in [-0.05, 0) is 40.6 Å². The van der Waals surface area contributed by atoms with E-state index in [1.807, 2.05) is 42.5 Å². The van der Waals surface area contributed by atoms with Gasteiger partial charge < -0.3 is 10.1 Å². The summed E-state index contributed by atoms with van der Waals surface area (Å²) in [5.74, 6) is -1.02. The predicted octanol–water partition coefficient (Wildman–Crippen LogP) is 2.81. The number of rotatable bonds is 7. The van der Waals surface area contributed by atoms with E-state index in [2.05, 4.69) is 5.32 Å². The van der Waals surface area contributed by atoms with E-state index >= 15 is 0 Å². The van der Waals surface area contributed by atoms with E-state index in [1.54, 1.807) is 0 Å². The number of benzene rings is 3. The third-order valence-corrected chi connectivity index (χ3v) is 6.32. The average Bonchev–Trinajstić information content (AvgIpc) is 2.73. The fourth-order valence-electron chi connectivity index (χ4n) is 2.92. The molecule has 0 heterocycles. The van der Waals surface area contributed by atoms with Crippen LogP contribution in [0.2, 0.25) is 0 Å². The first-order chi connectivity index (χ1) is 14.3. The van der Waals surface area contributed by atoms with Crippen LogP contribution >= 0.6 is 0 Å². The van der Waals surface area contributed by atoms with Gasteiger partial charge in [0, 0.05) is 19.8 Å². The molecule has 7 nitrogen and oxygen atoms in total. The van der Waals surface area contributed by atoms with E-state index in [9.17, 15) is 18.0 Å². The lowest BCUT2D eigenvalue weighted by Crippen LogP contribution is -2.23. The highest BCUT2D eigenvalue weighted by atomic mass is 32.2. The Bertz CT molecular complexity index is 1170. The molecule has 1 amide bonds. The molecule has 1 N–H and O–H groups in total. The Kier molecular flexibility index (Phi) is 6.49. The highest BCUT2D eigenvalue weighted by Crippen LogP contribution is 2.19. The van der Waals surface area contributed by atoms with Crippen molar-refractivity contribution in [1.29, 1.82) is 0 Å². The monoisotopic (exact) mass is 426 g/mol. The molecule has 0 spiro atoms. The van der Waals surface area contributed by atoms with Gasteiger partial charge in [-0.2, -0.15) is 0 Å². The number of carbonyl (C=O) groups is 2. The van der Waals surface area contributed by atoms with Crippen molar-refractivity contribution in [3.63, 3.8) is 0 Å². The van der Waals surface area contributed by atoms with Crippen molar-refractivity contribution >= 4 is 38.4 Å². The number of nitrogens with one attached hydrogen (secondary N) is 1. The molecular weight excluding hydrogens is 404 g/mol. The van der Waals surface area contributed by atoms with Crippen molar-refractivity contribution in [3.05, 3.63) is 72.3 Å². The molecule has 0 aliphatic rings. The molecule has 3 aromatic rings. The first-order valence-corrected chi connectivity index (χ1v) is 10.7. The summed E-state index contributed by atoms with van der Waals surface area (Å²) < 4.78 is 30.3. The normalized spacial score (nSPS) is 11.4. The Balaban J connectivity index is 1.55. The zero-order valence-corrected chi connectivity index (χ0v) is 17.5. The molecule has 0 atom stereocenters. The standard InChI is InChI=1S/C22H22N2O5S/c1-24(2)30(27,28)19-12-10-18(11-13-19)23-21(25)15-29-22(26)14-17-8-5-7-16-6-3-4-9-20(16)17/h3-13H,14-15H2,1-2H3,(H,23,25). The van der Waals surface area contributed by atoms with Crippen LogP contribution < -0.4 is 5.32 Å². The summed E-state index contributed by atoms with van der Waals surface area (Å²) in [6, 6.07) is 19.2. The van der Waals surface area contributed by atoms with Crippen molar-refractivity contribution < 1.29 is 22.7 Å². The lowest BCUT2D eigenvalue weighted by molar-refractivity contribution is -0.146. The van der Waals surface area contributed by atoms with Crippen LogP contribution in [-0.4, -0.2) is 45.3 Å². The average molecular weight is 426 g/mol. The molecule has 8 heteroatoms. The van der Waals surface area contributed by atoms with Gasteiger partial charge in [-0.1, -0.05) is 42.5 Å². The number of amides is 1. The van der Waals surface area contributed by atoms with Crippen LogP contribution in [0.25, 0.3) is 10.8 Å². The molecule has 0 radical (unpaired) electrons. The summed E-state index contributed by atoms with van der Waals surface area (Å²) in [5.41, 5.74) is 1.24. The first-order valence-electron chi connectivity index (χ1n) is 9.22. The van der Waals surface area contributed by atoms with Gasteiger partial charge in [0.25, 0.3) is 5.91 Å². The summed E-state index contributed by atoms with van der Waals surface area (Å²) in [6.45, 7) is -0.429. The number of hydrogen-bond donors (Lipinski definition) is 1. The van der Waals surface area contributed by atoms with Gasteiger partial charge in [0.2, 0.25) is 10.0 Å². The predicted molar refractivity (Wildman–Crippen MR) is 115 cm³/mol. The second-order valence-corrected chi connectivity index (χ2v) is 8.99. The Morgan fingerprint density at radius 1 is 0.933 bits per heavy atom. The fraction of sp³-hybridized carbons (Fsp3) is 0.182. The fourth-order valence-corrected chi connectivity index (χ4v) is 3.82. The maximum Gasteiger partial charge on any atom is 0.310 e. The molecule has 0 saturated carbocycles. The van der Waals surface area contributed by atoms with Crippen molar-refractivity contribution in [1.82, 2.24) is 4.31 Å². The van der Waals surface area contributed by atoms with E-state index in [0.717, 1.165) is 20.6 Å². The summed E-state index contributed by atoms with van der Waals surface area (Å²) in [7, 11) is -0.654. The SMILES string of the molecule is CN(C)S(=O)(=O)c1ccc(NC(=O)COC(=O)Cc2cccc3ccccc23)cc1. The lowest BCUT2D eigenvalue weighted by Gasteiger charge is -2.12. The maximum absolute atomic E-state index is 12.2. The number of anilines is 1. The Labute approximate surface area is 175 Å². The molecule has 0 saturated heterocycles. The van der Waals surface area contributed by atoms with Gasteiger partial charge in [0.1, 0.15) is 0 Å². The van der Waals surface area contributed by atoms with E-state index in [-0.39, 0.29) is 11.3 Å². The Hall–Kier alpha value is -3.23. The van der Waals surface area contributed by atoms with E-state index in [1.165, 1.54) is 38.4 Å². The van der Waals surface area contributed by atoms with Crippen molar-refractivity contribution in [2.24, 2.45) is 0 Å². The van der Waals surface area contributed by atoms with Crippen LogP contribution in [0.3, 0.4) is 0 Å². The molecule has 0 aromatic heterocycles. The van der Waals surface area contributed by atoms with Crippen molar-refractivity contribution in [2.45, 2.75) is 11.3 Å². The van der Waals surface area contributed by atoms with E-state index in [0.29, 0.717) is 5.69 Å². The Morgan fingerprint density at radius 2 is 1.60 bits per heavy atom. The highest BCUT2D eigenvalue weighted by Gasteiger charge is 2.17. The van der Waals surface area contributed by atoms with Gasteiger partial charge in [-0.15, -0.1) is 0 Å². The number of esters is 1. The molecular formula is C22H22N2O5S. The minimum atomic E-state index is -3.54. The molecule has 0 bridgehead atoms. The van der Waals surface area contributed by atoms with Gasteiger partial charge >= 0.3 is 5.97 Å². The molecule has 156 valence electrons. The number of sulfonamides is 1. The molecule has 3 aromatic carbocycles. The second kappa shape index (κ2) is 9.06. The molecule has 30 heavy (non-hydrogen) atoms.